The smallest absolute Gasteiger partial charge is 0.0721 e. The van der Waals surface area contributed by atoms with Gasteiger partial charge in [0.2, 0.25) is 0 Å². The molecular weight excluding hydrogens is 308 g/mol. The lowest BCUT2D eigenvalue weighted by molar-refractivity contribution is 0.107. The van der Waals surface area contributed by atoms with Gasteiger partial charge in [-0.2, -0.15) is 0 Å². The summed E-state index contributed by atoms with van der Waals surface area (Å²) in [5.41, 5.74) is 4.48. The van der Waals surface area contributed by atoms with Gasteiger partial charge < -0.3 is 4.74 Å². The van der Waals surface area contributed by atoms with Gasteiger partial charge in [0.05, 0.1) is 13.2 Å². The van der Waals surface area contributed by atoms with E-state index in [2.05, 4.69) is 68.0 Å². The Kier molecular flexibility index (Phi) is 7.55. The van der Waals surface area contributed by atoms with Crippen molar-refractivity contribution >= 4 is 12.4 Å². The normalized spacial score (nSPS) is 12.1. The van der Waals surface area contributed by atoms with Gasteiger partial charge in [-0.05, 0) is 68.1 Å². The van der Waals surface area contributed by atoms with Crippen molar-refractivity contribution in [3.63, 3.8) is 0 Å². The highest BCUT2D eigenvalue weighted by atomic mass is 16.5. The summed E-state index contributed by atoms with van der Waals surface area (Å²) in [5.74, 6) is 0. The third kappa shape index (κ3) is 7.44. The van der Waals surface area contributed by atoms with Crippen molar-refractivity contribution in [1.29, 1.82) is 0 Å². The average molecular weight is 336 g/mol. The molecule has 0 atom stereocenters. The lowest BCUT2D eigenvalue weighted by Crippen LogP contribution is -1.99. The van der Waals surface area contributed by atoms with Crippen molar-refractivity contribution in [2.45, 2.75) is 53.0 Å². The first-order valence-corrected chi connectivity index (χ1v) is 8.85. The molecule has 0 saturated carbocycles. The molecule has 0 radical (unpaired) electrons. The maximum atomic E-state index is 5.88. The highest BCUT2D eigenvalue weighted by Gasteiger charge is 2.01. The molecule has 0 spiro atoms. The van der Waals surface area contributed by atoms with E-state index in [1.54, 1.807) is 0 Å². The van der Waals surface area contributed by atoms with Gasteiger partial charge in [0, 0.05) is 24.5 Å². The van der Waals surface area contributed by atoms with Crippen LogP contribution in [0.4, 0.5) is 0 Å². The van der Waals surface area contributed by atoms with E-state index in [-0.39, 0.29) is 12.1 Å². The second-order valence-electron chi connectivity index (χ2n) is 6.73. The van der Waals surface area contributed by atoms with Crippen molar-refractivity contribution in [2.24, 2.45) is 9.98 Å². The number of hydrogen-bond donors (Lipinski definition) is 0. The van der Waals surface area contributed by atoms with Crippen molar-refractivity contribution < 1.29 is 4.74 Å². The van der Waals surface area contributed by atoms with Crippen LogP contribution in [0.25, 0.3) is 0 Å². The zero-order chi connectivity index (χ0) is 18.1. The van der Waals surface area contributed by atoms with Crippen LogP contribution in [0.15, 0.2) is 58.5 Å². The Morgan fingerprint density at radius 2 is 1.28 bits per heavy atom. The fourth-order valence-electron chi connectivity index (χ4n) is 2.31. The summed E-state index contributed by atoms with van der Waals surface area (Å²) >= 11 is 0. The van der Waals surface area contributed by atoms with Gasteiger partial charge in [0.1, 0.15) is 0 Å². The van der Waals surface area contributed by atoms with Gasteiger partial charge in [-0.3, -0.25) is 9.98 Å². The minimum atomic E-state index is 0.283. The van der Waals surface area contributed by atoms with E-state index in [1.165, 1.54) is 5.56 Å². The van der Waals surface area contributed by atoms with Crippen LogP contribution in [-0.2, 0) is 18.0 Å². The van der Waals surface area contributed by atoms with E-state index >= 15 is 0 Å². The van der Waals surface area contributed by atoms with Crippen LogP contribution in [0, 0.1) is 0 Å². The van der Waals surface area contributed by atoms with Crippen LogP contribution in [-0.4, -0.2) is 24.5 Å². The van der Waals surface area contributed by atoms with Crippen molar-refractivity contribution in [3.8, 4) is 0 Å². The van der Waals surface area contributed by atoms with Crippen molar-refractivity contribution in [2.75, 3.05) is 0 Å². The Hall–Kier alpha value is -2.26. The second-order valence-corrected chi connectivity index (χ2v) is 6.73. The maximum absolute atomic E-state index is 5.88. The predicted octanol–water partition coefficient (Wildman–Crippen LogP) is 5.06. The molecule has 0 unspecified atom stereocenters. The fraction of sp³-hybridized carbons (Fsp3) is 0.364. The van der Waals surface area contributed by atoms with E-state index in [0.29, 0.717) is 13.2 Å². The van der Waals surface area contributed by atoms with Crippen LogP contribution in [0.2, 0.25) is 0 Å². The Morgan fingerprint density at radius 1 is 0.760 bits per heavy atom. The molecule has 2 aromatic rings. The molecule has 0 aliphatic carbocycles. The van der Waals surface area contributed by atoms with E-state index in [1.807, 2.05) is 30.6 Å². The summed E-state index contributed by atoms with van der Waals surface area (Å²) in [4.78, 5) is 8.98. The first-order valence-electron chi connectivity index (χ1n) is 8.85. The lowest BCUT2D eigenvalue weighted by atomic mass is 10.1. The van der Waals surface area contributed by atoms with Crippen LogP contribution in [0.1, 0.15) is 49.9 Å². The minimum absolute atomic E-state index is 0.283. The zero-order valence-electron chi connectivity index (χ0n) is 15.6. The Labute approximate surface area is 151 Å². The Bertz CT molecular complexity index is 667. The van der Waals surface area contributed by atoms with E-state index in [4.69, 9.17) is 4.74 Å². The first-order chi connectivity index (χ1) is 12.0. The first kappa shape index (κ1) is 19.1. The quantitative estimate of drug-likeness (QED) is 0.621. The Morgan fingerprint density at radius 3 is 1.80 bits per heavy atom. The van der Waals surface area contributed by atoms with Gasteiger partial charge in [-0.25, -0.2) is 0 Å². The molecule has 25 heavy (non-hydrogen) atoms. The topological polar surface area (TPSA) is 34.0 Å². The van der Waals surface area contributed by atoms with E-state index < -0.39 is 0 Å². The highest BCUT2D eigenvalue weighted by molar-refractivity contribution is 5.86. The van der Waals surface area contributed by atoms with Crippen LogP contribution >= 0.6 is 0 Å². The maximum Gasteiger partial charge on any atom is 0.0721 e. The van der Waals surface area contributed by atoms with Crippen LogP contribution in [0.3, 0.4) is 0 Å². The van der Waals surface area contributed by atoms with Crippen molar-refractivity contribution in [3.05, 3.63) is 70.8 Å². The summed E-state index contributed by atoms with van der Waals surface area (Å²) in [7, 11) is 0. The van der Waals surface area contributed by atoms with E-state index in [0.717, 1.165) is 16.7 Å². The summed E-state index contributed by atoms with van der Waals surface area (Å²) < 4.78 is 5.88. The number of aliphatic imine (C=N–C) groups is 2. The molecule has 0 bridgehead atoms. The average Bonchev–Trinajstić information content (AvgIpc) is 2.59. The molecule has 0 amide bonds. The monoisotopic (exact) mass is 336 g/mol. The van der Waals surface area contributed by atoms with E-state index in [9.17, 15) is 0 Å². The summed E-state index contributed by atoms with van der Waals surface area (Å²) in [5, 5.41) is 0. The summed E-state index contributed by atoms with van der Waals surface area (Å²) in [6.45, 7) is 9.48. The van der Waals surface area contributed by atoms with Gasteiger partial charge in [0.25, 0.3) is 0 Å². The van der Waals surface area contributed by atoms with Gasteiger partial charge >= 0.3 is 0 Å². The van der Waals surface area contributed by atoms with Crippen molar-refractivity contribution in [1.82, 2.24) is 0 Å². The molecule has 0 aliphatic heterocycles. The van der Waals surface area contributed by atoms with Gasteiger partial charge in [0.15, 0.2) is 0 Å². The van der Waals surface area contributed by atoms with Gasteiger partial charge in [-0.1, -0.05) is 30.3 Å². The predicted molar refractivity (Wildman–Crippen MR) is 107 cm³/mol. The molecule has 0 saturated heterocycles. The zero-order valence-corrected chi connectivity index (χ0v) is 15.6. The molecule has 0 heterocycles. The number of rotatable bonds is 8. The highest BCUT2D eigenvalue weighted by Crippen LogP contribution is 2.12. The summed E-state index contributed by atoms with van der Waals surface area (Å²) in [6, 6.07) is 17.2. The van der Waals surface area contributed by atoms with Crippen LogP contribution < -0.4 is 0 Å². The molecule has 2 aromatic carbocycles. The second kappa shape index (κ2) is 9.90. The number of hydrogen-bond acceptors (Lipinski definition) is 3. The third-order valence-electron chi connectivity index (χ3n) is 3.46. The lowest BCUT2D eigenvalue weighted by Gasteiger charge is -2.08. The largest absolute Gasteiger partial charge is 0.372 e. The standard InChI is InChI=1S/C22H28N2O/c1-17(2)23-13-20-10-21(14-24-18(3)4)12-22(11-20)16-25-15-19-8-6-5-7-9-19/h5-14,17-18H,15-16H2,1-4H3/b23-13+,24-14+. The molecule has 0 N–H and O–H groups in total. The number of benzene rings is 2. The molecule has 3 heteroatoms. The summed E-state index contributed by atoms with van der Waals surface area (Å²) in [6.07, 6.45) is 3.86. The molecule has 3 nitrogen and oxygen atoms in total. The number of ether oxygens (including phenoxy) is 1. The molecule has 2 rings (SSSR count). The Balaban J connectivity index is 2.11. The van der Waals surface area contributed by atoms with Gasteiger partial charge in [-0.15, -0.1) is 0 Å². The number of nitrogens with zero attached hydrogens (tertiary/aromatic N) is 2. The molecule has 132 valence electrons. The SMILES string of the molecule is CC(C)/N=C/c1cc(/C=N/C(C)C)cc(COCc2ccccc2)c1. The fourth-order valence-corrected chi connectivity index (χ4v) is 2.31. The molecule has 0 aromatic heterocycles. The van der Waals surface area contributed by atoms with Crippen LogP contribution in [0.5, 0.6) is 0 Å². The molecule has 0 aliphatic rings. The molecule has 0 fully saturated rings. The molecular formula is C22H28N2O. The third-order valence-corrected chi connectivity index (χ3v) is 3.46. The minimum Gasteiger partial charge on any atom is -0.372 e.